The molecule has 0 fully saturated rings. The summed E-state index contributed by atoms with van der Waals surface area (Å²) in [6.45, 7) is 5.98. The monoisotopic (exact) mass is 324 g/mol. The lowest BCUT2D eigenvalue weighted by Gasteiger charge is -2.02. The number of hydrogen-bond donors (Lipinski definition) is 0. The summed E-state index contributed by atoms with van der Waals surface area (Å²) in [5, 5.41) is 3.51. The van der Waals surface area contributed by atoms with Crippen molar-refractivity contribution in [2.45, 2.75) is 31.7 Å². The molecule has 3 heterocycles. The molecule has 3 rings (SSSR count). The van der Waals surface area contributed by atoms with Crippen molar-refractivity contribution in [3.05, 3.63) is 39.4 Å². The lowest BCUT2D eigenvalue weighted by Crippen LogP contribution is -1.93. The first kappa shape index (κ1) is 13.9. The molecule has 104 valence electrons. The van der Waals surface area contributed by atoms with Crippen LogP contribution >= 0.6 is 34.7 Å². The smallest absolute Gasteiger partial charge is 0.195 e. The maximum Gasteiger partial charge on any atom is 0.195 e. The molecule has 7 heteroatoms. The van der Waals surface area contributed by atoms with Crippen LogP contribution in [0.2, 0.25) is 5.15 Å². The van der Waals surface area contributed by atoms with Gasteiger partial charge >= 0.3 is 0 Å². The van der Waals surface area contributed by atoms with E-state index in [0.717, 1.165) is 32.9 Å². The number of rotatable bonds is 3. The second kappa shape index (κ2) is 5.35. The molecule has 20 heavy (non-hydrogen) atoms. The highest BCUT2D eigenvalue weighted by molar-refractivity contribution is 7.98. The molecular formula is C13H13ClN4S2. The third kappa shape index (κ3) is 2.55. The molecule has 0 aromatic carbocycles. The van der Waals surface area contributed by atoms with Crippen molar-refractivity contribution in [1.82, 2.24) is 19.4 Å². The molecule has 0 atom stereocenters. The highest BCUT2D eigenvalue weighted by atomic mass is 35.5. The van der Waals surface area contributed by atoms with Gasteiger partial charge in [-0.1, -0.05) is 23.4 Å². The van der Waals surface area contributed by atoms with Gasteiger partial charge in [0.25, 0.3) is 0 Å². The van der Waals surface area contributed by atoms with Crippen LogP contribution in [0.3, 0.4) is 0 Å². The normalized spacial score (nSPS) is 11.4. The number of aromatic nitrogens is 4. The molecule has 4 nitrogen and oxygen atoms in total. The van der Waals surface area contributed by atoms with Crippen molar-refractivity contribution in [1.29, 1.82) is 0 Å². The molecule has 0 unspecified atom stereocenters. The van der Waals surface area contributed by atoms with E-state index in [0.29, 0.717) is 10.9 Å². The Morgan fingerprint density at radius 1 is 1.20 bits per heavy atom. The van der Waals surface area contributed by atoms with Gasteiger partial charge in [-0.25, -0.2) is 15.0 Å². The van der Waals surface area contributed by atoms with Crippen LogP contribution in [0.1, 0.15) is 22.8 Å². The first-order valence-electron chi connectivity index (χ1n) is 6.10. The van der Waals surface area contributed by atoms with Gasteiger partial charge in [-0.2, -0.15) is 0 Å². The van der Waals surface area contributed by atoms with Crippen molar-refractivity contribution in [2.24, 2.45) is 0 Å². The van der Waals surface area contributed by atoms with E-state index < -0.39 is 0 Å². The number of nitrogens with zero attached hydrogens (tertiary/aromatic N) is 4. The van der Waals surface area contributed by atoms with Gasteiger partial charge in [0.15, 0.2) is 10.1 Å². The average Bonchev–Trinajstić information content (AvgIpc) is 2.88. The number of halogens is 1. The van der Waals surface area contributed by atoms with E-state index in [4.69, 9.17) is 11.6 Å². The molecule has 3 aromatic rings. The van der Waals surface area contributed by atoms with Crippen LogP contribution in [0, 0.1) is 20.8 Å². The number of thiazole rings is 1. The molecule has 0 saturated carbocycles. The molecule has 0 spiro atoms. The van der Waals surface area contributed by atoms with E-state index in [9.17, 15) is 0 Å². The van der Waals surface area contributed by atoms with Crippen LogP contribution in [0.5, 0.6) is 0 Å². The van der Waals surface area contributed by atoms with Crippen molar-refractivity contribution in [2.75, 3.05) is 0 Å². The predicted molar refractivity (Wildman–Crippen MR) is 83.9 cm³/mol. The number of hydrogen-bond acceptors (Lipinski definition) is 5. The Bertz CT molecular complexity index is 758. The molecular weight excluding hydrogens is 312 g/mol. The van der Waals surface area contributed by atoms with Gasteiger partial charge in [-0.15, -0.1) is 11.3 Å². The summed E-state index contributed by atoms with van der Waals surface area (Å²) in [4.78, 5) is 14.3. The first-order valence-corrected chi connectivity index (χ1v) is 8.35. The SMILES string of the molecule is Cc1cc(C)nc(SCc2nc3scc(C)n3c2Cl)n1. The zero-order valence-electron chi connectivity index (χ0n) is 11.3. The zero-order chi connectivity index (χ0) is 14.3. The molecule has 0 aliphatic rings. The van der Waals surface area contributed by atoms with Crippen LogP contribution in [0.25, 0.3) is 4.96 Å². The lowest BCUT2D eigenvalue weighted by molar-refractivity contribution is 0.901. The minimum Gasteiger partial charge on any atom is -0.278 e. The fourth-order valence-corrected chi connectivity index (χ4v) is 4.20. The molecule has 0 bridgehead atoms. The number of thioether (sulfide) groups is 1. The summed E-state index contributed by atoms with van der Waals surface area (Å²) in [6.07, 6.45) is 0. The minimum atomic E-state index is 0.676. The highest BCUT2D eigenvalue weighted by Crippen LogP contribution is 2.28. The van der Waals surface area contributed by atoms with Gasteiger partial charge in [0.1, 0.15) is 5.15 Å². The van der Waals surface area contributed by atoms with Gasteiger partial charge in [0.05, 0.1) is 5.69 Å². The Morgan fingerprint density at radius 2 is 1.90 bits per heavy atom. The number of aryl methyl sites for hydroxylation is 3. The van der Waals surface area contributed by atoms with E-state index in [1.54, 1.807) is 23.1 Å². The van der Waals surface area contributed by atoms with Gasteiger partial charge in [0, 0.05) is 28.2 Å². The van der Waals surface area contributed by atoms with Crippen LogP contribution in [-0.4, -0.2) is 19.4 Å². The summed E-state index contributed by atoms with van der Waals surface area (Å²) in [5.74, 6) is 0.676. The Hall–Kier alpha value is -1.11. The standard InChI is InChI=1S/C13H13ClN4S2/c1-7-4-8(2)16-12(15-7)19-6-10-11(14)18-9(3)5-20-13(18)17-10/h4-5H,6H2,1-3H3. The zero-order valence-corrected chi connectivity index (χ0v) is 13.7. The van der Waals surface area contributed by atoms with Crippen molar-refractivity contribution in [3.63, 3.8) is 0 Å². The number of fused-ring (bicyclic) bond motifs is 1. The molecule has 0 aliphatic carbocycles. The molecule has 0 N–H and O–H groups in total. The lowest BCUT2D eigenvalue weighted by atomic mass is 10.4. The van der Waals surface area contributed by atoms with Crippen molar-refractivity contribution in [3.8, 4) is 0 Å². The fourth-order valence-electron chi connectivity index (χ4n) is 1.98. The van der Waals surface area contributed by atoms with Crippen molar-refractivity contribution >= 4 is 39.7 Å². The third-order valence-corrected chi connectivity index (χ3v) is 5.03. The number of imidazole rings is 1. The van der Waals surface area contributed by atoms with Crippen LogP contribution in [0.4, 0.5) is 0 Å². The maximum absolute atomic E-state index is 6.39. The Balaban J connectivity index is 1.84. The fraction of sp³-hybridized carbons (Fsp3) is 0.308. The first-order chi connectivity index (χ1) is 9.54. The average molecular weight is 325 g/mol. The second-order valence-electron chi connectivity index (χ2n) is 4.57. The minimum absolute atomic E-state index is 0.676. The van der Waals surface area contributed by atoms with E-state index in [1.165, 1.54) is 0 Å². The van der Waals surface area contributed by atoms with Crippen LogP contribution in [-0.2, 0) is 5.75 Å². The molecule has 0 radical (unpaired) electrons. The van der Waals surface area contributed by atoms with Crippen molar-refractivity contribution < 1.29 is 0 Å². The van der Waals surface area contributed by atoms with Gasteiger partial charge < -0.3 is 0 Å². The van der Waals surface area contributed by atoms with Gasteiger partial charge in [-0.05, 0) is 26.8 Å². The summed E-state index contributed by atoms with van der Waals surface area (Å²) in [7, 11) is 0. The largest absolute Gasteiger partial charge is 0.278 e. The molecule has 3 aromatic heterocycles. The topological polar surface area (TPSA) is 43.1 Å². The van der Waals surface area contributed by atoms with E-state index in [1.807, 2.05) is 31.2 Å². The van der Waals surface area contributed by atoms with Gasteiger partial charge in [0.2, 0.25) is 0 Å². The Kier molecular flexibility index (Phi) is 3.70. The summed E-state index contributed by atoms with van der Waals surface area (Å²) < 4.78 is 1.98. The molecule has 0 saturated heterocycles. The summed E-state index contributed by atoms with van der Waals surface area (Å²) in [6, 6.07) is 1.97. The van der Waals surface area contributed by atoms with E-state index in [2.05, 4.69) is 20.3 Å². The molecule has 0 aliphatic heterocycles. The van der Waals surface area contributed by atoms with Crippen LogP contribution < -0.4 is 0 Å². The van der Waals surface area contributed by atoms with Gasteiger partial charge in [-0.3, -0.25) is 4.40 Å². The quantitative estimate of drug-likeness (QED) is 0.538. The summed E-state index contributed by atoms with van der Waals surface area (Å²) in [5.41, 5.74) is 3.95. The molecule has 0 amide bonds. The van der Waals surface area contributed by atoms with Crippen LogP contribution in [0.15, 0.2) is 16.6 Å². The van der Waals surface area contributed by atoms with E-state index in [-0.39, 0.29) is 0 Å². The Morgan fingerprint density at radius 3 is 2.55 bits per heavy atom. The third-order valence-electron chi connectivity index (χ3n) is 2.84. The van der Waals surface area contributed by atoms with E-state index >= 15 is 0 Å². The summed E-state index contributed by atoms with van der Waals surface area (Å²) >= 11 is 9.55. The highest BCUT2D eigenvalue weighted by Gasteiger charge is 2.14. The predicted octanol–water partition coefficient (Wildman–Crippen LogP) is 4.06. The maximum atomic E-state index is 6.39. The Labute approximate surface area is 130 Å². The second-order valence-corrected chi connectivity index (χ2v) is 6.70.